The lowest BCUT2D eigenvalue weighted by molar-refractivity contribution is -0.118. The zero-order valence-electron chi connectivity index (χ0n) is 11.1. The Labute approximate surface area is 120 Å². The molecule has 0 radical (unpaired) electrons. The first-order valence-corrected chi connectivity index (χ1v) is 7.08. The van der Waals surface area contributed by atoms with E-state index in [2.05, 4.69) is 10.2 Å². The van der Waals surface area contributed by atoms with Crippen molar-refractivity contribution in [2.45, 2.75) is 18.1 Å². The predicted molar refractivity (Wildman–Crippen MR) is 74.1 cm³/mol. The topological polar surface area (TPSA) is 96.2 Å². The molecule has 0 bridgehead atoms. The minimum absolute atomic E-state index is 0.226. The second-order valence-corrected chi connectivity index (χ2v) is 5.05. The molecule has 0 saturated carbocycles. The number of carbonyl (C=O) groups is 1. The molecule has 2 aromatic rings. The molecule has 108 valence electrons. The smallest absolute Gasteiger partial charge is 0.219 e. The van der Waals surface area contributed by atoms with Gasteiger partial charge in [0.1, 0.15) is 0 Å². The summed E-state index contributed by atoms with van der Waals surface area (Å²) in [5.41, 5.74) is 5.21. The first-order valence-electron chi connectivity index (χ1n) is 6.09. The number of primary amides is 1. The lowest BCUT2D eigenvalue weighted by Crippen LogP contribution is -2.15. The van der Waals surface area contributed by atoms with Gasteiger partial charge >= 0.3 is 0 Å². The summed E-state index contributed by atoms with van der Waals surface area (Å²) in [7, 11) is 1.65. The monoisotopic (exact) mass is 296 g/mol. The number of nitrogens with two attached hydrogens (primary N) is 1. The third-order valence-corrected chi connectivity index (χ3v) is 3.49. The molecule has 0 atom stereocenters. The molecule has 1 amide bonds. The third-order valence-electron chi connectivity index (χ3n) is 2.56. The molecule has 2 heterocycles. The molecule has 20 heavy (non-hydrogen) atoms. The quantitative estimate of drug-likeness (QED) is 0.580. The molecule has 2 N–H and O–H groups in total. The average Bonchev–Trinajstić information content (AvgIpc) is 3.05. The highest BCUT2D eigenvalue weighted by Crippen LogP contribution is 2.24. The van der Waals surface area contributed by atoms with Crippen LogP contribution in [0.5, 0.6) is 0 Å². The fourth-order valence-corrected chi connectivity index (χ4v) is 2.49. The number of rotatable bonds is 8. The summed E-state index contributed by atoms with van der Waals surface area (Å²) in [5, 5.41) is 8.97. The Hall–Kier alpha value is -1.80. The number of ether oxygens (including phenoxy) is 1. The molecule has 8 heteroatoms. The van der Waals surface area contributed by atoms with Gasteiger partial charge in [-0.1, -0.05) is 11.8 Å². The highest BCUT2D eigenvalue weighted by Gasteiger charge is 2.16. The Balaban J connectivity index is 2.20. The summed E-state index contributed by atoms with van der Waals surface area (Å²) >= 11 is 1.51. The zero-order valence-corrected chi connectivity index (χ0v) is 11.9. The van der Waals surface area contributed by atoms with Crippen molar-refractivity contribution in [1.29, 1.82) is 0 Å². The van der Waals surface area contributed by atoms with Crippen LogP contribution in [0.3, 0.4) is 0 Å². The maximum Gasteiger partial charge on any atom is 0.219 e. The van der Waals surface area contributed by atoms with Gasteiger partial charge in [0.05, 0.1) is 12.9 Å². The van der Waals surface area contributed by atoms with E-state index in [1.807, 2.05) is 4.57 Å². The van der Waals surface area contributed by atoms with Crippen LogP contribution in [0.1, 0.15) is 6.42 Å². The summed E-state index contributed by atoms with van der Waals surface area (Å²) in [4.78, 5) is 11.0. The highest BCUT2D eigenvalue weighted by atomic mass is 32.2. The van der Waals surface area contributed by atoms with Crippen molar-refractivity contribution in [1.82, 2.24) is 14.8 Å². The molecule has 0 aliphatic heterocycles. The second-order valence-electron chi connectivity index (χ2n) is 3.99. The highest BCUT2D eigenvalue weighted by molar-refractivity contribution is 7.99. The Bertz CT molecular complexity index is 553. The molecular formula is C12H16N4O3S. The SMILES string of the molecule is COCCSc1nnc(-c2ccco2)n1CCC(N)=O. The normalized spacial score (nSPS) is 10.8. The van der Waals surface area contributed by atoms with Crippen molar-refractivity contribution in [3.63, 3.8) is 0 Å². The van der Waals surface area contributed by atoms with Gasteiger partial charge in [-0.15, -0.1) is 10.2 Å². The van der Waals surface area contributed by atoms with Crippen LogP contribution in [0, 0.1) is 0 Å². The molecule has 0 aliphatic rings. The van der Waals surface area contributed by atoms with E-state index in [0.717, 1.165) is 10.9 Å². The third kappa shape index (κ3) is 3.61. The molecule has 0 aliphatic carbocycles. The summed E-state index contributed by atoms with van der Waals surface area (Å²) in [6.07, 6.45) is 1.80. The number of carbonyl (C=O) groups excluding carboxylic acids is 1. The van der Waals surface area contributed by atoms with Crippen molar-refractivity contribution in [3.8, 4) is 11.6 Å². The number of thioether (sulfide) groups is 1. The van der Waals surface area contributed by atoms with Crippen LogP contribution in [0.4, 0.5) is 0 Å². The molecule has 7 nitrogen and oxygen atoms in total. The Morgan fingerprint density at radius 3 is 3.05 bits per heavy atom. The van der Waals surface area contributed by atoms with E-state index in [-0.39, 0.29) is 12.3 Å². The molecule has 0 spiro atoms. The Morgan fingerprint density at radius 2 is 2.40 bits per heavy atom. The first-order chi connectivity index (χ1) is 9.72. The lowest BCUT2D eigenvalue weighted by atomic mass is 10.3. The van der Waals surface area contributed by atoms with Crippen molar-refractivity contribution in [2.24, 2.45) is 5.73 Å². The fraction of sp³-hybridized carbons (Fsp3) is 0.417. The van der Waals surface area contributed by atoms with Gasteiger partial charge in [-0.05, 0) is 12.1 Å². The summed E-state index contributed by atoms with van der Waals surface area (Å²) in [5.74, 6) is 1.59. The van der Waals surface area contributed by atoms with Gasteiger partial charge in [-0.2, -0.15) is 0 Å². The van der Waals surface area contributed by atoms with E-state index in [1.54, 1.807) is 25.5 Å². The lowest BCUT2D eigenvalue weighted by Gasteiger charge is -2.07. The standard InChI is InChI=1S/C12H16N4O3S/c1-18-7-8-20-12-15-14-11(9-3-2-6-19-9)16(12)5-4-10(13)17/h2-3,6H,4-5,7-8H2,1H3,(H2,13,17). The number of hydrogen-bond acceptors (Lipinski definition) is 6. The summed E-state index contributed by atoms with van der Waals surface area (Å²) in [6.45, 7) is 1.04. The van der Waals surface area contributed by atoms with Crippen LogP contribution in [-0.2, 0) is 16.1 Å². The van der Waals surface area contributed by atoms with Crippen LogP contribution in [-0.4, -0.2) is 40.1 Å². The largest absolute Gasteiger partial charge is 0.461 e. The van der Waals surface area contributed by atoms with Gasteiger partial charge in [-0.3, -0.25) is 9.36 Å². The number of nitrogens with zero attached hydrogens (tertiary/aromatic N) is 3. The summed E-state index contributed by atoms with van der Waals surface area (Å²) in [6, 6.07) is 3.58. The van der Waals surface area contributed by atoms with E-state index in [0.29, 0.717) is 24.7 Å². The maximum atomic E-state index is 11.0. The number of methoxy groups -OCH3 is 1. The van der Waals surface area contributed by atoms with E-state index >= 15 is 0 Å². The van der Waals surface area contributed by atoms with Gasteiger partial charge in [0.15, 0.2) is 16.7 Å². The number of furan rings is 1. The Kier molecular flexibility index (Phi) is 5.19. The molecule has 2 aromatic heterocycles. The molecule has 0 aromatic carbocycles. The predicted octanol–water partition coefficient (Wildman–Crippen LogP) is 1.15. The maximum absolute atomic E-state index is 11.0. The van der Waals surface area contributed by atoms with Gasteiger partial charge < -0.3 is 14.9 Å². The molecule has 0 fully saturated rings. The van der Waals surface area contributed by atoms with E-state index in [1.165, 1.54) is 11.8 Å². The van der Waals surface area contributed by atoms with Gasteiger partial charge in [-0.25, -0.2) is 0 Å². The van der Waals surface area contributed by atoms with E-state index < -0.39 is 0 Å². The molecule has 0 saturated heterocycles. The minimum Gasteiger partial charge on any atom is -0.461 e. The fourth-order valence-electron chi connectivity index (χ4n) is 1.62. The van der Waals surface area contributed by atoms with E-state index in [4.69, 9.17) is 14.9 Å². The van der Waals surface area contributed by atoms with Crippen LogP contribution < -0.4 is 5.73 Å². The van der Waals surface area contributed by atoms with Crippen LogP contribution in [0.15, 0.2) is 28.0 Å². The van der Waals surface area contributed by atoms with Gasteiger partial charge in [0.25, 0.3) is 0 Å². The van der Waals surface area contributed by atoms with E-state index in [9.17, 15) is 4.79 Å². The second kappa shape index (κ2) is 7.11. The molecule has 2 rings (SSSR count). The molecular weight excluding hydrogens is 280 g/mol. The van der Waals surface area contributed by atoms with Crippen molar-refractivity contribution in [2.75, 3.05) is 19.5 Å². The average molecular weight is 296 g/mol. The van der Waals surface area contributed by atoms with Crippen LogP contribution >= 0.6 is 11.8 Å². The first kappa shape index (κ1) is 14.6. The van der Waals surface area contributed by atoms with Crippen LogP contribution in [0.25, 0.3) is 11.6 Å². The molecule has 0 unspecified atom stereocenters. The number of hydrogen-bond donors (Lipinski definition) is 1. The van der Waals surface area contributed by atoms with Crippen molar-refractivity contribution >= 4 is 17.7 Å². The zero-order chi connectivity index (χ0) is 14.4. The summed E-state index contributed by atoms with van der Waals surface area (Å²) < 4.78 is 12.2. The number of amides is 1. The van der Waals surface area contributed by atoms with Gasteiger partial charge in [0.2, 0.25) is 5.91 Å². The van der Waals surface area contributed by atoms with Gasteiger partial charge in [0, 0.05) is 25.8 Å². The van der Waals surface area contributed by atoms with Crippen molar-refractivity contribution < 1.29 is 13.9 Å². The van der Waals surface area contributed by atoms with Crippen molar-refractivity contribution in [3.05, 3.63) is 18.4 Å². The van der Waals surface area contributed by atoms with Crippen LogP contribution in [0.2, 0.25) is 0 Å². The minimum atomic E-state index is -0.364. The number of aromatic nitrogens is 3. The Morgan fingerprint density at radius 1 is 1.55 bits per heavy atom.